The summed E-state index contributed by atoms with van der Waals surface area (Å²) in [5, 5.41) is 12.0. The van der Waals surface area contributed by atoms with Crippen LogP contribution in [-0.4, -0.2) is 17.8 Å². The van der Waals surface area contributed by atoms with Crippen LogP contribution in [0, 0.1) is 10.1 Å². The molecule has 1 aromatic heterocycles. The molecule has 1 heterocycles. The second-order valence-corrected chi connectivity index (χ2v) is 5.26. The fourth-order valence-corrected chi connectivity index (χ4v) is 2.63. The number of Topliss-reactive ketones (excluding diaryl/α,β-unsaturated/α-hetero) is 1. The molecule has 0 aliphatic carbocycles. The Balaban J connectivity index is 0.00000225. The minimum atomic E-state index is -0.536. The van der Waals surface area contributed by atoms with Crippen molar-refractivity contribution < 1.29 is 36.0 Å². The monoisotopic (exact) mass is 402 g/mol. The van der Waals surface area contributed by atoms with Crippen LogP contribution >= 0.6 is 0 Å². The van der Waals surface area contributed by atoms with Gasteiger partial charge in [0.25, 0.3) is 5.69 Å². The van der Waals surface area contributed by atoms with Crippen LogP contribution in [0.5, 0.6) is 5.75 Å². The summed E-state index contributed by atoms with van der Waals surface area (Å²) in [6.07, 6.45) is 1.78. The molecule has 0 spiro atoms. The lowest BCUT2D eigenvalue weighted by atomic mass is 10.1. The minimum Gasteiger partial charge on any atom is -1.00 e. The zero-order valence-corrected chi connectivity index (χ0v) is 15.0. The highest BCUT2D eigenvalue weighted by molar-refractivity contribution is 5.99. The lowest BCUT2D eigenvalue weighted by Crippen LogP contribution is -3.00. The van der Waals surface area contributed by atoms with Gasteiger partial charge in [-0.1, -0.05) is 12.1 Å². The molecule has 128 valence electrons. The lowest BCUT2D eigenvalue weighted by Gasteiger charge is -2.04. The quantitative estimate of drug-likeness (QED) is 0.259. The second-order valence-electron chi connectivity index (χ2n) is 5.26. The van der Waals surface area contributed by atoms with Gasteiger partial charge in [0.1, 0.15) is 11.3 Å². The second kappa shape index (κ2) is 7.85. The van der Waals surface area contributed by atoms with Gasteiger partial charge in [0.05, 0.1) is 17.4 Å². The van der Waals surface area contributed by atoms with Gasteiger partial charge >= 0.3 is 0 Å². The average Bonchev–Trinajstić information content (AvgIpc) is 2.61. The Kier molecular flexibility index (Phi) is 5.82. The SMILES string of the molecule is COc1ccc2c(ccc[n+]2CC(=O)c2ccccc2[N+](=O)[O-])c1.[Br-]. The Bertz CT molecular complexity index is 943. The maximum absolute atomic E-state index is 12.6. The Morgan fingerprint density at radius 1 is 1.16 bits per heavy atom. The van der Waals surface area contributed by atoms with Gasteiger partial charge in [0.15, 0.2) is 6.20 Å². The number of carbonyl (C=O) groups excluding carboxylic acids is 1. The van der Waals surface area contributed by atoms with E-state index in [1.165, 1.54) is 12.1 Å². The predicted octanol–water partition coefficient (Wildman–Crippen LogP) is -0.0690. The first kappa shape index (κ1) is 18.5. The van der Waals surface area contributed by atoms with Crippen LogP contribution in [0.1, 0.15) is 10.4 Å². The number of hydrogen-bond acceptors (Lipinski definition) is 4. The molecule has 6 nitrogen and oxygen atoms in total. The molecular weight excluding hydrogens is 388 g/mol. The summed E-state index contributed by atoms with van der Waals surface area (Å²) >= 11 is 0. The van der Waals surface area contributed by atoms with Gasteiger partial charge in [-0.3, -0.25) is 14.9 Å². The number of nitrogens with zero attached hydrogens (tertiary/aromatic N) is 2. The van der Waals surface area contributed by atoms with Gasteiger partial charge in [-0.2, -0.15) is 4.57 Å². The van der Waals surface area contributed by atoms with Crippen molar-refractivity contribution in [2.75, 3.05) is 7.11 Å². The van der Waals surface area contributed by atoms with Crippen molar-refractivity contribution in [3.05, 3.63) is 76.5 Å². The Morgan fingerprint density at radius 2 is 1.92 bits per heavy atom. The summed E-state index contributed by atoms with van der Waals surface area (Å²) in [6.45, 7) is 0.0223. The first-order valence-electron chi connectivity index (χ1n) is 7.33. The van der Waals surface area contributed by atoms with Gasteiger partial charge in [0, 0.05) is 18.2 Å². The van der Waals surface area contributed by atoms with E-state index in [2.05, 4.69) is 0 Å². The number of carbonyl (C=O) groups is 1. The van der Waals surface area contributed by atoms with Crippen molar-refractivity contribution >= 4 is 22.4 Å². The number of methoxy groups -OCH3 is 1. The largest absolute Gasteiger partial charge is 1.00 e. The third kappa shape index (κ3) is 3.83. The molecule has 0 unspecified atom stereocenters. The third-order valence-corrected chi connectivity index (χ3v) is 3.80. The molecule has 0 fully saturated rings. The highest BCUT2D eigenvalue weighted by Crippen LogP contribution is 2.20. The van der Waals surface area contributed by atoms with E-state index in [9.17, 15) is 14.9 Å². The van der Waals surface area contributed by atoms with E-state index in [0.717, 1.165) is 16.7 Å². The number of rotatable bonds is 5. The number of nitro groups is 1. The molecule has 25 heavy (non-hydrogen) atoms. The number of pyridine rings is 1. The summed E-state index contributed by atoms with van der Waals surface area (Å²) in [6, 6.07) is 15.3. The summed E-state index contributed by atoms with van der Waals surface area (Å²) in [4.78, 5) is 23.1. The van der Waals surface area contributed by atoms with Crippen LogP contribution < -0.4 is 26.3 Å². The zero-order chi connectivity index (χ0) is 17.1. The third-order valence-electron chi connectivity index (χ3n) is 3.80. The van der Waals surface area contributed by atoms with Crippen LogP contribution in [0.3, 0.4) is 0 Å². The molecule has 0 aliphatic rings. The summed E-state index contributed by atoms with van der Waals surface area (Å²) in [5.41, 5.74) is 0.788. The average molecular weight is 403 g/mol. The molecule has 0 saturated heterocycles. The molecule has 7 heteroatoms. The number of ether oxygens (including phenoxy) is 1. The standard InChI is InChI=1S/C18H15N2O4.BrH/c1-24-14-8-9-16-13(11-14)5-4-10-19(16)12-18(21)15-6-2-3-7-17(15)20(22)23;/h2-11H,12H2,1H3;1H/q+1;/p-1. The zero-order valence-electron chi connectivity index (χ0n) is 13.4. The van der Waals surface area contributed by atoms with Crippen LogP contribution in [0.4, 0.5) is 5.69 Å². The Morgan fingerprint density at radius 3 is 2.64 bits per heavy atom. The van der Waals surface area contributed by atoms with E-state index in [1.807, 2.05) is 30.3 Å². The van der Waals surface area contributed by atoms with E-state index < -0.39 is 4.92 Å². The highest BCUT2D eigenvalue weighted by atomic mass is 79.9. The number of halogens is 1. The number of benzene rings is 2. The normalized spacial score (nSPS) is 10.1. The highest BCUT2D eigenvalue weighted by Gasteiger charge is 2.23. The van der Waals surface area contributed by atoms with E-state index in [4.69, 9.17) is 4.74 Å². The number of nitro benzene ring substituents is 1. The van der Waals surface area contributed by atoms with Crippen molar-refractivity contribution in [3.63, 3.8) is 0 Å². The topological polar surface area (TPSA) is 73.3 Å². The van der Waals surface area contributed by atoms with Gasteiger partial charge in [-0.25, -0.2) is 0 Å². The first-order chi connectivity index (χ1) is 11.6. The van der Waals surface area contributed by atoms with Crippen molar-refractivity contribution in [2.24, 2.45) is 0 Å². The van der Waals surface area contributed by atoms with E-state index in [-0.39, 0.29) is 40.6 Å². The van der Waals surface area contributed by atoms with Gasteiger partial charge in [-0.05, 0) is 24.3 Å². The van der Waals surface area contributed by atoms with Gasteiger partial charge < -0.3 is 21.7 Å². The molecule has 0 aliphatic heterocycles. The molecule has 0 N–H and O–H groups in total. The van der Waals surface area contributed by atoms with Crippen LogP contribution in [-0.2, 0) is 6.54 Å². The number of aromatic nitrogens is 1. The maximum Gasteiger partial charge on any atom is 0.280 e. The molecule has 0 saturated carbocycles. The molecule has 0 amide bonds. The molecule has 3 rings (SSSR count). The molecule has 3 aromatic rings. The smallest absolute Gasteiger partial charge is 0.280 e. The summed E-state index contributed by atoms with van der Waals surface area (Å²) in [7, 11) is 1.59. The van der Waals surface area contributed by atoms with Gasteiger partial charge in [0.2, 0.25) is 17.8 Å². The molecule has 0 radical (unpaired) electrons. The van der Waals surface area contributed by atoms with E-state index in [1.54, 1.807) is 30.0 Å². The number of ketones is 1. The minimum absolute atomic E-state index is 0. The Hall–Kier alpha value is -2.80. The van der Waals surface area contributed by atoms with Crippen LogP contribution in [0.2, 0.25) is 0 Å². The van der Waals surface area contributed by atoms with Crippen molar-refractivity contribution in [3.8, 4) is 5.75 Å². The number of fused-ring (bicyclic) bond motifs is 1. The van der Waals surface area contributed by atoms with Crippen LogP contribution in [0.15, 0.2) is 60.8 Å². The predicted molar refractivity (Wildman–Crippen MR) is 88.1 cm³/mol. The van der Waals surface area contributed by atoms with Gasteiger partial charge in [-0.15, -0.1) is 0 Å². The van der Waals surface area contributed by atoms with Crippen LogP contribution in [0.25, 0.3) is 10.9 Å². The first-order valence-corrected chi connectivity index (χ1v) is 7.33. The van der Waals surface area contributed by atoms with Crippen molar-refractivity contribution in [1.82, 2.24) is 0 Å². The molecule has 0 atom stereocenters. The van der Waals surface area contributed by atoms with Crippen molar-refractivity contribution in [2.45, 2.75) is 6.54 Å². The number of hydrogen-bond donors (Lipinski definition) is 0. The fraction of sp³-hybridized carbons (Fsp3) is 0.111. The molecule has 0 bridgehead atoms. The van der Waals surface area contributed by atoms with E-state index >= 15 is 0 Å². The summed E-state index contributed by atoms with van der Waals surface area (Å²) < 4.78 is 6.98. The maximum atomic E-state index is 12.6. The summed E-state index contributed by atoms with van der Waals surface area (Å²) in [5.74, 6) is 0.417. The van der Waals surface area contributed by atoms with Crippen molar-refractivity contribution in [1.29, 1.82) is 0 Å². The molecule has 2 aromatic carbocycles. The Labute approximate surface area is 154 Å². The number of para-hydroxylation sites is 1. The molecular formula is C18H15BrN2O4. The fourth-order valence-electron chi connectivity index (χ4n) is 2.63. The van der Waals surface area contributed by atoms with E-state index in [0.29, 0.717) is 0 Å². The lowest BCUT2D eigenvalue weighted by molar-refractivity contribution is -0.657.